The first-order valence-electron chi connectivity index (χ1n) is 12.0. The van der Waals surface area contributed by atoms with Crippen molar-refractivity contribution in [2.75, 3.05) is 31.5 Å². The summed E-state index contributed by atoms with van der Waals surface area (Å²) in [6.45, 7) is 1.70. The highest BCUT2D eigenvalue weighted by molar-refractivity contribution is 7.90. The lowest BCUT2D eigenvalue weighted by Crippen LogP contribution is -2.51. The van der Waals surface area contributed by atoms with Crippen LogP contribution in [-0.4, -0.2) is 61.3 Å². The summed E-state index contributed by atoms with van der Waals surface area (Å²) in [6.07, 6.45) is 1.58. The van der Waals surface area contributed by atoms with E-state index in [9.17, 15) is 18.0 Å². The first-order chi connectivity index (χ1) is 17.9. The molecule has 188 valence electrons. The van der Waals surface area contributed by atoms with Gasteiger partial charge in [0.15, 0.2) is 9.84 Å². The van der Waals surface area contributed by atoms with Crippen molar-refractivity contribution in [1.82, 2.24) is 14.8 Å². The number of carbonyl (C=O) groups is 2. The lowest BCUT2D eigenvalue weighted by molar-refractivity contribution is 0.0671. The predicted molar refractivity (Wildman–Crippen MR) is 142 cm³/mol. The molecule has 0 radical (unpaired) electrons. The average Bonchev–Trinajstić information content (AvgIpc) is 2.93. The summed E-state index contributed by atoms with van der Waals surface area (Å²) in [5, 5.41) is 3.63. The van der Waals surface area contributed by atoms with Gasteiger partial charge >= 0.3 is 6.03 Å². The summed E-state index contributed by atoms with van der Waals surface area (Å²) >= 11 is 0. The van der Waals surface area contributed by atoms with E-state index in [1.165, 1.54) is 0 Å². The lowest BCUT2D eigenvalue weighted by Gasteiger charge is -2.34. The Morgan fingerprint density at radius 1 is 0.784 bits per heavy atom. The zero-order valence-electron chi connectivity index (χ0n) is 20.1. The maximum atomic E-state index is 13.1. The zero-order valence-corrected chi connectivity index (χ0v) is 20.9. The minimum absolute atomic E-state index is 0.143. The Hall–Kier alpha value is -4.24. The average molecular weight is 515 g/mol. The van der Waals surface area contributed by atoms with Crippen LogP contribution in [-0.2, 0) is 15.6 Å². The van der Waals surface area contributed by atoms with Gasteiger partial charge in [-0.15, -0.1) is 0 Å². The van der Waals surface area contributed by atoms with Gasteiger partial charge in [0.25, 0.3) is 5.91 Å². The predicted octanol–water partition coefficient (Wildman–Crippen LogP) is 4.20. The Morgan fingerprint density at radius 3 is 2.19 bits per heavy atom. The van der Waals surface area contributed by atoms with Gasteiger partial charge in [-0.1, -0.05) is 48.5 Å². The van der Waals surface area contributed by atoms with Crippen LogP contribution in [0.4, 0.5) is 10.5 Å². The highest BCUT2D eigenvalue weighted by Gasteiger charge is 2.25. The highest BCUT2D eigenvalue weighted by atomic mass is 32.2. The van der Waals surface area contributed by atoms with E-state index in [0.29, 0.717) is 42.8 Å². The number of rotatable bonds is 5. The van der Waals surface area contributed by atoms with E-state index in [-0.39, 0.29) is 22.6 Å². The highest BCUT2D eigenvalue weighted by Crippen LogP contribution is 2.24. The number of benzene rings is 3. The molecule has 8 nitrogen and oxygen atoms in total. The van der Waals surface area contributed by atoms with Crippen LogP contribution in [0, 0.1) is 0 Å². The number of amides is 3. The van der Waals surface area contributed by atoms with Crippen molar-refractivity contribution >= 4 is 38.4 Å². The number of nitrogens with one attached hydrogen (secondary N) is 1. The quantitative estimate of drug-likeness (QED) is 0.430. The summed E-state index contributed by atoms with van der Waals surface area (Å²) < 4.78 is 26.3. The molecule has 0 aliphatic carbocycles. The summed E-state index contributed by atoms with van der Waals surface area (Å²) in [7, 11) is -3.63. The standard InChI is InChI=1S/C28H26N4O4S/c33-27(31-16-18-32(19-17-31)28(34)30-24-8-2-1-3-9-24)23-13-11-21(12-14-23)20-37(35,36)25-10-4-6-22-7-5-15-29-26(22)25/h1-15H,16-20H2,(H,30,34). The maximum Gasteiger partial charge on any atom is 0.321 e. The molecule has 1 aromatic heterocycles. The molecular formula is C28H26N4O4S. The second-order valence-electron chi connectivity index (χ2n) is 8.86. The Balaban J connectivity index is 1.20. The molecule has 1 aliphatic heterocycles. The molecule has 1 saturated heterocycles. The maximum absolute atomic E-state index is 13.1. The van der Waals surface area contributed by atoms with Gasteiger partial charge in [-0.2, -0.15) is 0 Å². The topological polar surface area (TPSA) is 99.7 Å². The van der Waals surface area contributed by atoms with Gasteiger partial charge in [-0.25, -0.2) is 13.2 Å². The number of anilines is 1. The third kappa shape index (κ3) is 5.46. The SMILES string of the molecule is O=C(Nc1ccccc1)N1CCN(C(=O)c2ccc(CS(=O)(=O)c3cccc4cccnc34)cc2)CC1. The lowest BCUT2D eigenvalue weighted by atomic mass is 10.1. The number of hydrogen-bond donors (Lipinski definition) is 1. The number of urea groups is 1. The molecule has 1 fully saturated rings. The summed E-state index contributed by atoms with van der Waals surface area (Å²) in [4.78, 5) is 33.4. The Labute approximate surface area is 215 Å². The van der Waals surface area contributed by atoms with Gasteiger partial charge in [-0.05, 0) is 42.0 Å². The molecule has 1 N–H and O–H groups in total. The van der Waals surface area contributed by atoms with E-state index in [0.717, 1.165) is 11.1 Å². The summed E-state index contributed by atoms with van der Waals surface area (Å²) in [5.74, 6) is -0.331. The monoisotopic (exact) mass is 514 g/mol. The number of piperazine rings is 1. The largest absolute Gasteiger partial charge is 0.335 e. The smallest absolute Gasteiger partial charge is 0.321 e. The Bertz CT molecular complexity index is 1530. The molecule has 3 amide bonds. The third-order valence-electron chi connectivity index (χ3n) is 6.37. The normalized spacial score (nSPS) is 13.9. The number of carbonyl (C=O) groups excluding carboxylic acids is 2. The van der Waals surface area contributed by atoms with Gasteiger partial charge in [-0.3, -0.25) is 9.78 Å². The van der Waals surface area contributed by atoms with Gasteiger partial charge < -0.3 is 15.1 Å². The second kappa shape index (κ2) is 10.4. The fraction of sp³-hybridized carbons (Fsp3) is 0.179. The fourth-order valence-electron chi connectivity index (χ4n) is 4.39. The van der Waals surface area contributed by atoms with Crippen molar-refractivity contribution in [2.24, 2.45) is 0 Å². The molecule has 9 heteroatoms. The number of hydrogen-bond acceptors (Lipinski definition) is 5. The van der Waals surface area contributed by atoms with Crippen LogP contribution < -0.4 is 5.32 Å². The van der Waals surface area contributed by atoms with Crippen LogP contribution in [0.2, 0.25) is 0 Å². The van der Waals surface area contributed by atoms with Gasteiger partial charge in [0, 0.05) is 49.0 Å². The Morgan fingerprint density at radius 2 is 1.46 bits per heavy atom. The van der Waals surface area contributed by atoms with Crippen LogP contribution in [0.1, 0.15) is 15.9 Å². The summed E-state index contributed by atoms with van der Waals surface area (Å²) in [5.41, 5.74) is 2.25. The van der Waals surface area contributed by atoms with Crippen LogP contribution in [0.25, 0.3) is 10.9 Å². The van der Waals surface area contributed by atoms with E-state index in [4.69, 9.17) is 0 Å². The van der Waals surface area contributed by atoms with Crippen molar-refractivity contribution in [3.8, 4) is 0 Å². The van der Waals surface area contributed by atoms with Crippen molar-refractivity contribution in [1.29, 1.82) is 0 Å². The van der Waals surface area contributed by atoms with Gasteiger partial charge in [0.05, 0.1) is 16.2 Å². The molecule has 1 aliphatic rings. The van der Waals surface area contributed by atoms with Crippen LogP contribution in [0.5, 0.6) is 0 Å². The van der Waals surface area contributed by atoms with Gasteiger partial charge in [0.2, 0.25) is 0 Å². The molecule has 0 unspecified atom stereocenters. The molecule has 4 aromatic rings. The molecule has 37 heavy (non-hydrogen) atoms. The molecular weight excluding hydrogens is 488 g/mol. The first-order valence-corrected chi connectivity index (χ1v) is 13.6. The molecule has 5 rings (SSSR count). The number of aromatic nitrogens is 1. The number of fused-ring (bicyclic) bond motifs is 1. The minimum atomic E-state index is -3.63. The molecule has 0 spiro atoms. The second-order valence-corrected chi connectivity index (χ2v) is 10.8. The fourth-order valence-corrected chi connectivity index (χ4v) is 5.92. The number of sulfone groups is 1. The van der Waals surface area contributed by atoms with Crippen molar-refractivity contribution < 1.29 is 18.0 Å². The molecule has 0 saturated carbocycles. The van der Waals surface area contributed by atoms with Crippen LogP contribution in [0.3, 0.4) is 0 Å². The van der Waals surface area contributed by atoms with E-state index in [2.05, 4.69) is 10.3 Å². The molecule has 3 aromatic carbocycles. The summed E-state index contributed by atoms with van der Waals surface area (Å²) in [6, 6.07) is 24.4. The van der Waals surface area contributed by atoms with E-state index in [1.807, 2.05) is 42.5 Å². The number of pyridine rings is 1. The minimum Gasteiger partial charge on any atom is -0.335 e. The van der Waals surface area contributed by atoms with E-state index >= 15 is 0 Å². The van der Waals surface area contributed by atoms with Crippen LogP contribution in [0.15, 0.2) is 96.0 Å². The van der Waals surface area contributed by atoms with E-state index in [1.54, 1.807) is 58.5 Å². The van der Waals surface area contributed by atoms with Gasteiger partial charge in [0.1, 0.15) is 0 Å². The van der Waals surface area contributed by atoms with Crippen molar-refractivity contribution in [3.05, 3.63) is 102 Å². The molecule has 2 heterocycles. The number of para-hydroxylation sites is 2. The van der Waals surface area contributed by atoms with Crippen molar-refractivity contribution in [3.63, 3.8) is 0 Å². The number of nitrogens with zero attached hydrogens (tertiary/aromatic N) is 3. The first kappa shape index (κ1) is 24.5. The Kier molecular flexibility index (Phi) is 6.87. The molecule has 0 atom stereocenters. The van der Waals surface area contributed by atoms with Crippen LogP contribution >= 0.6 is 0 Å². The van der Waals surface area contributed by atoms with E-state index < -0.39 is 9.84 Å². The third-order valence-corrected chi connectivity index (χ3v) is 8.08. The zero-order chi connectivity index (χ0) is 25.8. The van der Waals surface area contributed by atoms with Crippen molar-refractivity contribution in [2.45, 2.75) is 10.6 Å². The molecule has 0 bridgehead atoms.